The van der Waals surface area contributed by atoms with Gasteiger partial charge in [-0.25, -0.2) is 17.5 Å². The van der Waals surface area contributed by atoms with E-state index in [1.165, 1.54) is 13.8 Å². The first kappa shape index (κ1) is 15.2. The van der Waals surface area contributed by atoms with Gasteiger partial charge in [0.2, 0.25) is 10.0 Å². The van der Waals surface area contributed by atoms with E-state index in [-0.39, 0.29) is 22.2 Å². The molecule has 0 spiro atoms. The maximum Gasteiger partial charge on any atom is 0.242 e. The summed E-state index contributed by atoms with van der Waals surface area (Å²) in [5.41, 5.74) is 3.76. The zero-order valence-electron chi connectivity index (χ0n) is 9.87. The number of aliphatic hydroxyl groups is 1. The predicted octanol–water partition coefficient (Wildman–Crippen LogP) is 1.11. The second kappa shape index (κ2) is 5.00. The van der Waals surface area contributed by atoms with Gasteiger partial charge in [0.1, 0.15) is 10.7 Å². The van der Waals surface area contributed by atoms with E-state index in [2.05, 4.69) is 4.72 Å². The van der Waals surface area contributed by atoms with Crippen molar-refractivity contribution < 1.29 is 17.9 Å². The van der Waals surface area contributed by atoms with Gasteiger partial charge in [-0.05, 0) is 26.0 Å². The maximum absolute atomic E-state index is 13.1. The average molecular weight is 297 g/mol. The van der Waals surface area contributed by atoms with Gasteiger partial charge in [-0.1, -0.05) is 11.6 Å². The standard InChI is InChI=1S/C10H14ClFN2O3S/c1-10(2,15)5-14-18(16,17)9-4-8(13)7(12)3-6(9)11/h3-4,14-15H,5,13H2,1-2H3. The lowest BCUT2D eigenvalue weighted by Gasteiger charge is -2.18. The van der Waals surface area contributed by atoms with Crippen LogP contribution in [0.1, 0.15) is 13.8 Å². The molecule has 0 bridgehead atoms. The minimum atomic E-state index is -3.95. The Balaban J connectivity index is 3.10. The highest BCUT2D eigenvalue weighted by atomic mass is 35.5. The minimum absolute atomic E-state index is 0.205. The van der Waals surface area contributed by atoms with Gasteiger partial charge in [-0.2, -0.15) is 0 Å². The highest BCUT2D eigenvalue weighted by Crippen LogP contribution is 2.26. The van der Waals surface area contributed by atoms with Crippen molar-refractivity contribution in [1.82, 2.24) is 4.72 Å². The molecule has 0 saturated heterocycles. The second-order valence-corrected chi connectivity index (χ2v) is 6.58. The lowest BCUT2D eigenvalue weighted by molar-refractivity contribution is 0.0857. The molecule has 0 saturated carbocycles. The number of benzene rings is 1. The fraction of sp³-hybridized carbons (Fsp3) is 0.400. The molecule has 1 rings (SSSR count). The summed E-state index contributed by atoms with van der Waals surface area (Å²) in [6, 6.07) is 1.76. The van der Waals surface area contributed by atoms with Crippen LogP contribution in [0.3, 0.4) is 0 Å². The van der Waals surface area contributed by atoms with Gasteiger partial charge in [0, 0.05) is 6.54 Å². The van der Waals surface area contributed by atoms with Crippen LogP contribution in [0.2, 0.25) is 5.02 Å². The van der Waals surface area contributed by atoms with Gasteiger partial charge in [0.05, 0.1) is 16.3 Å². The Morgan fingerprint density at radius 3 is 2.56 bits per heavy atom. The summed E-state index contributed by atoms with van der Waals surface area (Å²) in [4.78, 5) is -0.327. The zero-order valence-corrected chi connectivity index (χ0v) is 11.4. The number of hydrogen-bond acceptors (Lipinski definition) is 4. The van der Waals surface area contributed by atoms with E-state index in [0.29, 0.717) is 0 Å². The van der Waals surface area contributed by atoms with E-state index in [1.54, 1.807) is 0 Å². The average Bonchev–Trinajstić information content (AvgIpc) is 2.19. The lowest BCUT2D eigenvalue weighted by Crippen LogP contribution is -2.38. The summed E-state index contributed by atoms with van der Waals surface area (Å²) in [6.07, 6.45) is 0. The van der Waals surface area contributed by atoms with Crippen LogP contribution in [-0.2, 0) is 10.0 Å². The molecule has 4 N–H and O–H groups in total. The van der Waals surface area contributed by atoms with Gasteiger partial charge in [0.15, 0.2) is 0 Å². The van der Waals surface area contributed by atoms with Crippen LogP contribution in [0.15, 0.2) is 17.0 Å². The third-order valence-corrected chi connectivity index (χ3v) is 3.90. The molecule has 102 valence electrons. The number of hydrogen-bond donors (Lipinski definition) is 3. The predicted molar refractivity (Wildman–Crippen MR) is 67.3 cm³/mol. The van der Waals surface area contributed by atoms with Crippen molar-refractivity contribution in [1.29, 1.82) is 0 Å². The fourth-order valence-corrected chi connectivity index (χ4v) is 2.85. The largest absolute Gasteiger partial charge is 0.396 e. The third kappa shape index (κ3) is 3.81. The molecule has 0 fully saturated rings. The molecular weight excluding hydrogens is 283 g/mol. The van der Waals surface area contributed by atoms with Crippen LogP contribution in [0.4, 0.5) is 10.1 Å². The molecule has 0 radical (unpaired) electrons. The molecule has 0 aliphatic heterocycles. The minimum Gasteiger partial charge on any atom is -0.396 e. The Morgan fingerprint density at radius 1 is 1.50 bits per heavy atom. The Morgan fingerprint density at radius 2 is 2.06 bits per heavy atom. The smallest absolute Gasteiger partial charge is 0.242 e. The number of halogens is 2. The number of anilines is 1. The first-order chi connectivity index (χ1) is 8.03. The molecule has 0 unspecified atom stereocenters. The highest BCUT2D eigenvalue weighted by molar-refractivity contribution is 7.89. The number of nitrogen functional groups attached to an aromatic ring is 1. The van der Waals surface area contributed by atoms with Crippen LogP contribution in [0.5, 0.6) is 0 Å². The first-order valence-corrected chi connectivity index (χ1v) is 6.85. The molecule has 1 aromatic rings. The molecule has 18 heavy (non-hydrogen) atoms. The van der Waals surface area contributed by atoms with E-state index in [1.807, 2.05) is 0 Å². The Labute approximate surface area is 110 Å². The van der Waals surface area contributed by atoms with Crippen molar-refractivity contribution in [2.75, 3.05) is 12.3 Å². The van der Waals surface area contributed by atoms with Crippen molar-refractivity contribution in [3.63, 3.8) is 0 Å². The summed E-state index contributed by atoms with van der Waals surface area (Å²) in [7, 11) is -3.95. The highest BCUT2D eigenvalue weighted by Gasteiger charge is 2.23. The summed E-state index contributed by atoms with van der Waals surface area (Å²) < 4.78 is 39.0. The quantitative estimate of drug-likeness (QED) is 0.726. The van der Waals surface area contributed by atoms with Crippen molar-refractivity contribution in [3.8, 4) is 0 Å². The van der Waals surface area contributed by atoms with Crippen LogP contribution in [-0.4, -0.2) is 25.7 Å². The Bertz CT molecular complexity index is 555. The number of nitrogens with one attached hydrogen (secondary N) is 1. The number of nitrogens with two attached hydrogens (primary N) is 1. The van der Waals surface area contributed by atoms with Gasteiger partial charge in [0.25, 0.3) is 0 Å². The first-order valence-electron chi connectivity index (χ1n) is 4.99. The number of rotatable bonds is 4. The van der Waals surface area contributed by atoms with Gasteiger partial charge >= 0.3 is 0 Å². The topological polar surface area (TPSA) is 92.4 Å². The molecule has 0 heterocycles. The zero-order chi connectivity index (χ0) is 14.1. The van der Waals surface area contributed by atoms with Crippen LogP contribution in [0, 0.1) is 5.82 Å². The third-order valence-electron chi connectivity index (χ3n) is 2.04. The SMILES string of the molecule is CC(C)(O)CNS(=O)(=O)c1cc(N)c(F)cc1Cl. The maximum atomic E-state index is 13.1. The molecule has 0 aromatic heterocycles. The van der Waals surface area contributed by atoms with E-state index in [0.717, 1.165) is 12.1 Å². The van der Waals surface area contributed by atoms with Crippen LogP contribution >= 0.6 is 11.6 Å². The van der Waals surface area contributed by atoms with Crippen molar-refractivity contribution in [2.45, 2.75) is 24.3 Å². The lowest BCUT2D eigenvalue weighted by atomic mass is 10.1. The molecule has 0 atom stereocenters. The van der Waals surface area contributed by atoms with Gasteiger partial charge < -0.3 is 10.8 Å². The Hall–Kier alpha value is -0.890. The molecule has 0 aliphatic rings. The molecule has 0 amide bonds. The molecule has 0 aliphatic carbocycles. The molecular formula is C10H14ClFN2O3S. The summed E-state index contributed by atoms with van der Waals surface area (Å²) >= 11 is 5.66. The molecule has 5 nitrogen and oxygen atoms in total. The number of sulfonamides is 1. The summed E-state index contributed by atoms with van der Waals surface area (Å²) in [5.74, 6) is -0.790. The van der Waals surface area contributed by atoms with E-state index < -0.39 is 21.4 Å². The Kier molecular flexibility index (Phi) is 4.22. The van der Waals surface area contributed by atoms with Gasteiger partial charge in [-0.15, -0.1) is 0 Å². The summed E-state index contributed by atoms with van der Waals surface area (Å²) in [5, 5.41) is 9.18. The van der Waals surface area contributed by atoms with Crippen molar-refractivity contribution in [3.05, 3.63) is 23.0 Å². The summed E-state index contributed by atoms with van der Waals surface area (Å²) in [6.45, 7) is 2.68. The van der Waals surface area contributed by atoms with E-state index in [4.69, 9.17) is 17.3 Å². The fourth-order valence-electron chi connectivity index (χ4n) is 1.10. The molecule has 1 aromatic carbocycles. The van der Waals surface area contributed by atoms with Crippen molar-refractivity contribution >= 4 is 27.3 Å². The van der Waals surface area contributed by atoms with E-state index in [9.17, 15) is 17.9 Å². The second-order valence-electron chi connectivity index (χ2n) is 4.44. The normalized spacial score (nSPS) is 12.7. The van der Waals surface area contributed by atoms with Gasteiger partial charge in [-0.3, -0.25) is 0 Å². The van der Waals surface area contributed by atoms with E-state index >= 15 is 0 Å². The van der Waals surface area contributed by atoms with Crippen molar-refractivity contribution in [2.24, 2.45) is 0 Å². The van der Waals surface area contributed by atoms with Crippen LogP contribution in [0.25, 0.3) is 0 Å². The molecule has 8 heteroatoms. The van der Waals surface area contributed by atoms with Crippen LogP contribution < -0.4 is 10.5 Å². The monoisotopic (exact) mass is 296 g/mol.